The van der Waals surface area contributed by atoms with Gasteiger partial charge in [-0.3, -0.25) is 14.5 Å². The van der Waals surface area contributed by atoms with Crippen molar-refractivity contribution in [1.82, 2.24) is 19.8 Å². The van der Waals surface area contributed by atoms with Crippen LogP contribution in [0.3, 0.4) is 0 Å². The van der Waals surface area contributed by atoms with Crippen molar-refractivity contribution >= 4 is 17.5 Å². The van der Waals surface area contributed by atoms with Crippen molar-refractivity contribution in [3.8, 4) is 35.0 Å². The van der Waals surface area contributed by atoms with Gasteiger partial charge in [-0.05, 0) is 42.8 Å². The Morgan fingerprint density at radius 1 is 1.12 bits per heavy atom. The van der Waals surface area contributed by atoms with Crippen LogP contribution in [0.2, 0.25) is 0 Å². The number of H-pyrrole nitrogens is 1. The average molecular weight is 565 g/mol. The Hall–Kier alpha value is -4.81. The number of alkyl halides is 3. The van der Waals surface area contributed by atoms with E-state index in [9.17, 15) is 22.8 Å². The summed E-state index contributed by atoms with van der Waals surface area (Å²) in [6.07, 6.45) is -3.20. The molecule has 3 aromatic rings. The number of rotatable bonds is 7. The second-order valence-electron chi connectivity index (χ2n) is 9.30. The molecule has 12 heteroatoms. The van der Waals surface area contributed by atoms with E-state index in [1.54, 1.807) is 43.3 Å². The second-order valence-corrected chi connectivity index (χ2v) is 9.30. The molecule has 2 heterocycles. The number of amides is 2. The number of aromatic nitrogens is 2. The summed E-state index contributed by atoms with van der Waals surface area (Å²) in [5.41, 5.74) is 0.406. The first-order chi connectivity index (χ1) is 19.6. The van der Waals surface area contributed by atoms with Gasteiger partial charge in [-0.15, -0.1) is 0 Å². The molecule has 212 valence electrons. The minimum absolute atomic E-state index is 0.0246. The van der Waals surface area contributed by atoms with Gasteiger partial charge >= 0.3 is 12.1 Å². The summed E-state index contributed by atoms with van der Waals surface area (Å²) in [5, 5.41) is 11.7. The zero-order chi connectivity index (χ0) is 29.4. The maximum atomic E-state index is 13.1. The fourth-order valence-electron chi connectivity index (χ4n) is 4.22. The van der Waals surface area contributed by atoms with Gasteiger partial charge in [0.05, 0.1) is 30.1 Å². The number of nitriles is 1. The number of piperazine rings is 1. The van der Waals surface area contributed by atoms with E-state index < -0.39 is 17.8 Å². The van der Waals surface area contributed by atoms with E-state index in [0.29, 0.717) is 54.8 Å². The monoisotopic (exact) mass is 564 g/mol. The molecule has 4 rings (SSSR count). The molecule has 2 N–H and O–H groups in total. The first-order valence-electron chi connectivity index (χ1n) is 12.8. The van der Waals surface area contributed by atoms with Crippen LogP contribution in [-0.4, -0.2) is 70.9 Å². The fourth-order valence-corrected chi connectivity index (χ4v) is 4.22. The summed E-state index contributed by atoms with van der Waals surface area (Å²) in [6, 6.07) is 13.0. The summed E-state index contributed by atoms with van der Waals surface area (Å²) in [4.78, 5) is 34.3. The summed E-state index contributed by atoms with van der Waals surface area (Å²) < 4.78 is 45.1. The lowest BCUT2D eigenvalue weighted by molar-refractivity contribution is -0.140. The van der Waals surface area contributed by atoms with E-state index in [4.69, 9.17) is 10.00 Å². The first kappa shape index (κ1) is 29.2. The Kier molecular flexibility index (Phi) is 9.27. The number of benzene rings is 2. The Morgan fingerprint density at radius 2 is 1.88 bits per heavy atom. The number of ether oxygens (including phenoxy) is 1. The molecule has 2 aromatic carbocycles. The number of carbonyl (C=O) groups excluding carboxylic acids is 2. The third-order valence-corrected chi connectivity index (χ3v) is 6.39. The molecule has 41 heavy (non-hydrogen) atoms. The topological polar surface area (TPSA) is 114 Å². The van der Waals surface area contributed by atoms with E-state index in [-0.39, 0.29) is 17.4 Å². The van der Waals surface area contributed by atoms with Gasteiger partial charge in [-0.1, -0.05) is 12.0 Å². The lowest BCUT2D eigenvalue weighted by Gasteiger charge is -2.34. The van der Waals surface area contributed by atoms with E-state index in [1.165, 1.54) is 6.07 Å². The zero-order valence-corrected chi connectivity index (χ0v) is 22.2. The van der Waals surface area contributed by atoms with Gasteiger partial charge in [0.25, 0.3) is 0 Å². The fraction of sp³-hybridized carbons (Fsp3) is 0.310. The summed E-state index contributed by atoms with van der Waals surface area (Å²) in [7, 11) is 0. The highest BCUT2D eigenvalue weighted by molar-refractivity contribution is 6.05. The minimum atomic E-state index is -4.58. The molecule has 0 atom stereocenters. The standard InChI is InChI=1S/C29H27F3N6O3/c1-20(39)38-13-11-37(12-14-38)10-3-15-41-25-8-7-23(28-34-19-26(36-28)29(30,31)32)17-24(25)35-27(40)9-6-21-4-2-5-22(16-21)18-33/h2,4-5,7-8,16-17,19H,3,10-15H2,1H3,(H,34,36)(H,35,40). The molecule has 0 radical (unpaired) electrons. The number of halogens is 3. The molecule has 2 amide bonds. The molecule has 0 aliphatic carbocycles. The Morgan fingerprint density at radius 3 is 2.56 bits per heavy atom. The average Bonchev–Trinajstić information content (AvgIpc) is 3.47. The lowest BCUT2D eigenvalue weighted by atomic mass is 10.1. The van der Waals surface area contributed by atoms with Crippen LogP contribution in [0.4, 0.5) is 18.9 Å². The summed E-state index contributed by atoms with van der Waals surface area (Å²) in [5.74, 6) is 4.84. The van der Waals surface area contributed by atoms with Gasteiger partial charge < -0.3 is 19.9 Å². The van der Waals surface area contributed by atoms with Crippen molar-refractivity contribution in [2.45, 2.75) is 19.5 Å². The second kappa shape index (κ2) is 13.0. The van der Waals surface area contributed by atoms with Gasteiger partial charge in [-0.2, -0.15) is 18.4 Å². The van der Waals surface area contributed by atoms with Crippen molar-refractivity contribution < 1.29 is 27.5 Å². The Balaban J connectivity index is 1.46. The number of hydrogen-bond acceptors (Lipinski definition) is 6. The minimum Gasteiger partial charge on any atom is -0.491 e. The van der Waals surface area contributed by atoms with E-state index in [2.05, 4.69) is 32.0 Å². The Bertz CT molecular complexity index is 1510. The third-order valence-electron chi connectivity index (χ3n) is 6.39. The van der Waals surface area contributed by atoms with Crippen LogP contribution in [0.25, 0.3) is 11.4 Å². The predicted octanol–water partition coefficient (Wildman–Crippen LogP) is 3.89. The highest BCUT2D eigenvalue weighted by Crippen LogP contribution is 2.33. The van der Waals surface area contributed by atoms with Crippen molar-refractivity contribution in [1.29, 1.82) is 5.26 Å². The van der Waals surface area contributed by atoms with Crippen molar-refractivity contribution in [2.75, 3.05) is 44.6 Å². The molecule has 0 unspecified atom stereocenters. The quantitative estimate of drug-likeness (QED) is 0.333. The highest BCUT2D eigenvalue weighted by atomic mass is 19.4. The Labute approximate surface area is 234 Å². The number of hydrogen-bond donors (Lipinski definition) is 2. The van der Waals surface area contributed by atoms with Crippen LogP contribution < -0.4 is 10.1 Å². The number of nitrogens with zero attached hydrogens (tertiary/aromatic N) is 4. The van der Waals surface area contributed by atoms with Gasteiger partial charge in [0.1, 0.15) is 17.3 Å². The molecule has 1 saturated heterocycles. The van der Waals surface area contributed by atoms with Gasteiger partial charge in [0, 0.05) is 56.7 Å². The number of anilines is 1. The molecular formula is C29H27F3N6O3. The number of nitrogens with one attached hydrogen (secondary N) is 2. The molecule has 1 aliphatic heterocycles. The SMILES string of the molecule is CC(=O)N1CCN(CCCOc2ccc(-c3ncc(C(F)(F)F)[nH]3)cc2NC(=O)C#Cc2cccc(C#N)c2)CC1. The molecule has 0 bridgehead atoms. The van der Waals surface area contributed by atoms with Crippen LogP contribution >= 0.6 is 0 Å². The van der Waals surface area contributed by atoms with E-state index in [1.807, 2.05) is 11.0 Å². The highest BCUT2D eigenvalue weighted by Gasteiger charge is 2.33. The maximum absolute atomic E-state index is 13.1. The van der Waals surface area contributed by atoms with Gasteiger partial charge in [0.15, 0.2) is 0 Å². The first-order valence-corrected chi connectivity index (χ1v) is 12.8. The zero-order valence-electron chi connectivity index (χ0n) is 22.2. The number of imidazole rings is 1. The number of carbonyl (C=O) groups is 2. The molecular weight excluding hydrogens is 537 g/mol. The van der Waals surface area contributed by atoms with Crippen LogP contribution in [-0.2, 0) is 15.8 Å². The van der Waals surface area contributed by atoms with Crippen molar-refractivity contribution in [3.63, 3.8) is 0 Å². The van der Waals surface area contributed by atoms with Crippen molar-refractivity contribution in [2.24, 2.45) is 0 Å². The maximum Gasteiger partial charge on any atom is 0.432 e. The number of aromatic amines is 1. The predicted molar refractivity (Wildman–Crippen MR) is 144 cm³/mol. The molecule has 0 spiro atoms. The molecule has 1 aromatic heterocycles. The van der Waals surface area contributed by atoms with E-state index >= 15 is 0 Å². The normalized spacial score (nSPS) is 13.6. The molecule has 1 fully saturated rings. The summed E-state index contributed by atoms with van der Waals surface area (Å²) in [6.45, 7) is 5.54. The van der Waals surface area contributed by atoms with Crippen LogP contribution in [0, 0.1) is 23.2 Å². The molecule has 9 nitrogen and oxygen atoms in total. The van der Waals surface area contributed by atoms with Gasteiger partial charge in [-0.25, -0.2) is 4.98 Å². The summed E-state index contributed by atoms with van der Waals surface area (Å²) >= 11 is 0. The lowest BCUT2D eigenvalue weighted by Crippen LogP contribution is -2.48. The third kappa shape index (κ3) is 8.10. The van der Waals surface area contributed by atoms with Crippen LogP contribution in [0.15, 0.2) is 48.7 Å². The van der Waals surface area contributed by atoms with Gasteiger partial charge in [0.2, 0.25) is 5.91 Å². The van der Waals surface area contributed by atoms with Crippen LogP contribution in [0.1, 0.15) is 30.2 Å². The molecule has 1 aliphatic rings. The van der Waals surface area contributed by atoms with Crippen LogP contribution in [0.5, 0.6) is 5.75 Å². The van der Waals surface area contributed by atoms with E-state index in [0.717, 1.165) is 19.6 Å². The van der Waals surface area contributed by atoms with Crippen molar-refractivity contribution in [3.05, 3.63) is 65.5 Å². The largest absolute Gasteiger partial charge is 0.491 e. The smallest absolute Gasteiger partial charge is 0.432 e. The molecule has 0 saturated carbocycles.